The maximum atomic E-state index is 13.4. The second-order valence-electron chi connectivity index (χ2n) is 7.39. The van der Waals surface area contributed by atoms with Crippen LogP contribution in [0.15, 0.2) is 79.4 Å². The first kappa shape index (κ1) is 22.2. The lowest BCUT2D eigenvalue weighted by Gasteiger charge is -2.09. The highest BCUT2D eigenvalue weighted by Crippen LogP contribution is 2.35. The van der Waals surface area contributed by atoms with Crippen molar-refractivity contribution in [1.82, 2.24) is 9.66 Å². The van der Waals surface area contributed by atoms with Crippen LogP contribution in [0.5, 0.6) is 11.5 Å². The van der Waals surface area contributed by atoms with Gasteiger partial charge >= 0.3 is 0 Å². The summed E-state index contributed by atoms with van der Waals surface area (Å²) in [6.07, 6.45) is 1.45. The molecular weight excluding hydrogens is 522 g/mol. The highest BCUT2D eigenvalue weighted by Gasteiger charge is 2.17. The van der Waals surface area contributed by atoms with Crippen LogP contribution in [0, 0.1) is 0 Å². The predicted octanol–water partition coefficient (Wildman–Crippen LogP) is 6.21. The topological polar surface area (TPSA) is 89.9 Å². The second kappa shape index (κ2) is 8.96. The van der Waals surface area contributed by atoms with Crippen LogP contribution in [0.1, 0.15) is 12.5 Å². The average molecular weight is 539 g/mol. The number of phenols is 1. The molecule has 3 aromatic carbocycles. The van der Waals surface area contributed by atoms with Crippen molar-refractivity contribution < 1.29 is 14.3 Å². The highest BCUT2D eigenvalue weighted by atomic mass is 79.9. The van der Waals surface area contributed by atoms with Crippen molar-refractivity contribution >= 4 is 55.6 Å². The number of nitrogens with zero attached hydrogens (tertiary/aromatic N) is 3. The van der Waals surface area contributed by atoms with Crippen LogP contribution in [0.2, 0.25) is 5.02 Å². The third-order valence-corrected chi connectivity index (χ3v) is 5.91. The summed E-state index contributed by atoms with van der Waals surface area (Å²) in [4.78, 5) is 18.0. The van der Waals surface area contributed by atoms with Crippen LogP contribution in [0.3, 0.4) is 0 Å². The summed E-state index contributed by atoms with van der Waals surface area (Å²) in [5, 5.41) is 15.9. The van der Waals surface area contributed by atoms with E-state index in [0.29, 0.717) is 34.4 Å². The van der Waals surface area contributed by atoms with Crippen molar-refractivity contribution in [3.05, 3.63) is 86.1 Å². The summed E-state index contributed by atoms with van der Waals surface area (Å²) in [6.45, 7) is 2.15. The third kappa shape index (κ3) is 4.06. The number of hydrogen-bond donors (Lipinski definition) is 1. The van der Waals surface area contributed by atoms with Gasteiger partial charge in [0.1, 0.15) is 5.58 Å². The number of phenolic OH excluding ortho intramolecular Hbond substituents is 1. The molecule has 2 heterocycles. The number of aromatic hydroxyl groups is 1. The molecular formula is C25H17BrClN3O4. The number of halogens is 2. The Bertz CT molecular complexity index is 1640. The van der Waals surface area contributed by atoms with Crippen LogP contribution >= 0.6 is 27.5 Å². The quantitative estimate of drug-likeness (QED) is 0.269. The van der Waals surface area contributed by atoms with E-state index in [4.69, 9.17) is 20.8 Å². The molecule has 7 nitrogen and oxygen atoms in total. The molecule has 1 N–H and O–H groups in total. The lowest BCUT2D eigenvalue weighted by atomic mass is 10.2. The smallest absolute Gasteiger partial charge is 0.282 e. The van der Waals surface area contributed by atoms with Crippen LogP contribution < -0.4 is 10.3 Å². The van der Waals surface area contributed by atoms with Gasteiger partial charge in [-0.15, -0.1) is 0 Å². The van der Waals surface area contributed by atoms with Gasteiger partial charge in [0.05, 0.1) is 28.7 Å². The van der Waals surface area contributed by atoms with E-state index >= 15 is 0 Å². The van der Waals surface area contributed by atoms with Gasteiger partial charge in [-0.2, -0.15) is 9.78 Å². The molecule has 0 saturated heterocycles. The summed E-state index contributed by atoms with van der Waals surface area (Å²) in [6, 6.07) is 17.6. The normalized spacial score (nSPS) is 11.6. The number of rotatable bonds is 5. The third-order valence-electron chi connectivity index (χ3n) is 5.13. The molecule has 0 fully saturated rings. The monoisotopic (exact) mass is 537 g/mol. The van der Waals surface area contributed by atoms with Crippen LogP contribution in [0.25, 0.3) is 33.5 Å². The van der Waals surface area contributed by atoms with Gasteiger partial charge < -0.3 is 14.3 Å². The van der Waals surface area contributed by atoms with Crippen LogP contribution in [-0.4, -0.2) is 27.6 Å². The van der Waals surface area contributed by atoms with E-state index in [9.17, 15) is 9.90 Å². The van der Waals surface area contributed by atoms with Crippen molar-refractivity contribution in [3.63, 3.8) is 0 Å². The number of para-hydroxylation sites is 1. The molecule has 0 bridgehead atoms. The fraction of sp³-hybridized carbons (Fsp3) is 0.0800. The molecule has 0 radical (unpaired) electrons. The van der Waals surface area contributed by atoms with Crippen molar-refractivity contribution in [3.8, 4) is 23.1 Å². The number of furan rings is 1. The lowest BCUT2D eigenvalue weighted by molar-refractivity contribution is 0.318. The van der Waals surface area contributed by atoms with Crippen LogP contribution in [-0.2, 0) is 0 Å². The van der Waals surface area contributed by atoms with Crippen molar-refractivity contribution in [2.45, 2.75) is 6.92 Å². The van der Waals surface area contributed by atoms with Gasteiger partial charge in [0.15, 0.2) is 17.3 Å². The lowest BCUT2D eigenvalue weighted by Crippen LogP contribution is -2.20. The fourth-order valence-corrected chi connectivity index (χ4v) is 4.17. The van der Waals surface area contributed by atoms with Crippen molar-refractivity contribution in [2.24, 2.45) is 5.10 Å². The fourth-order valence-electron chi connectivity index (χ4n) is 3.57. The first-order valence-corrected chi connectivity index (χ1v) is 11.5. The first-order chi connectivity index (χ1) is 16.4. The largest absolute Gasteiger partial charge is 0.503 e. The SMILES string of the molecule is CCOc1cc(C=Nn2c(-c3cc4cc(Br)ccc4o3)nc3ccccc3c2=O)cc(Cl)c1O. The van der Waals surface area contributed by atoms with Gasteiger partial charge in [0.2, 0.25) is 5.82 Å². The zero-order valence-corrected chi connectivity index (χ0v) is 20.2. The molecule has 0 saturated carbocycles. The van der Waals surface area contributed by atoms with Gasteiger partial charge in [-0.25, -0.2) is 4.98 Å². The van der Waals surface area contributed by atoms with E-state index in [2.05, 4.69) is 26.0 Å². The molecule has 0 amide bonds. The van der Waals surface area contributed by atoms with Gasteiger partial charge in [-0.05, 0) is 61.0 Å². The van der Waals surface area contributed by atoms with E-state index in [1.165, 1.54) is 17.0 Å². The van der Waals surface area contributed by atoms with E-state index in [1.807, 2.05) is 30.3 Å². The summed E-state index contributed by atoms with van der Waals surface area (Å²) < 4.78 is 13.5. The Morgan fingerprint density at radius 3 is 2.85 bits per heavy atom. The summed E-state index contributed by atoms with van der Waals surface area (Å²) in [7, 11) is 0. The number of fused-ring (bicyclic) bond motifs is 2. The van der Waals surface area contributed by atoms with Gasteiger partial charge in [-0.1, -0.05) is 39.7 Å². The number of benzene rings is 3. The Hall–Kier alpha value is -3.62. The summed E-state index contributed by atoms with van der Waals surface area (Å²) in [5.41, 5.74) is 1.36. The molecule has 5 aromatic rings. The number of hydrogen-bond acceptors (Lipinski definition) is 6. The van der Waals surface area contributed by atoms with Crippen molar-refractivity contribution in [2.75, 3.05) is 6.61 Å². The molecule has 0 aliphatic heterocycles. The summed E-state index contributed by atoms with van der Waals surface area (Å²) in [5.74, 6) is 0.719. The highest BCUT2D eigenvalue weighted by molar-refractivity contribution is 9.10. The van der Waals surface area contributed by atoms with Gasteiger partial charge in [-0.3, -0.25) is 4.79 Å². The van der Waals surface area contributed by atoms with Gasteiger partial charge in [0, 0.05) is 9.86 Å². The molecule has 0 atom stereocenters. The minimum atomic E-state index is -0.353. The first-order valence-electron chi connectivity index (χ1n) is 10.4. The Kier molecular flexibility index (Phi) is 5.85. The average Bonchev–Trinajstić information content (AvgIpc) is 3.24. The van der Waals surface area contributed by atoms with E-state index < -0.39 is 0 Å². The molecule has 34 heavy (non-hydrogen) atoms. The predicted molar refractivity (Wildman–Crippen MR) is 136 cm³/mol. The van der Waals surface area contributed by atoms with Crippen LogP contribution in [0.4, 0.5) is 0 Å². The maximum Gasteiger partial charge on any atom is 0.282 e. The molecule has 170 valence electrons. The molecule has 0 unspecified atom stereocenters. The number of ether oxygens (including phenoxy) is 1. The zero-order valence-electron chi connectivity index (χ0n) is 17.8. The molecule has 9 heteroatoms. The standard InChI is InChI=1S/C25H17BrClN3O4/c1-2-33-21-10-14(9-18(27)23(21)31)13-28-30-24(29-19-6-4-3-5-17(19)25(30)32)22-12-15-11-16(26)7-8-20(15)34-22/h3-13,31H,2H2,1H3. The van der Waals surface area contributed by atoms with E-state index in [-0.39, 0.29) is 27.9 Å². The molecule has 2 aromatic heterocycles. The van der Waals surface area contributed by atoms with E-state index in [1.54, 1.807) is 31.2 Å². The van der Waals surface area contributed by atoms with Gasteiger partial charge in [0.25, 0.3) is 5.56 Å². The molecule has 0 aliphatic rings. The van der Waals surface area contributed by atoms with E-state index in [0.717, 1.165) is 9.86 Å². The maximum absolute atomic E-state index is 13.4. The van der Waals surface area contributed by atoms with Crippen molar-refractivity contribution in [1.29, 1.82) is 0 Å². The second-order valence-corrected chi connectivity index (χ2v) is 8.71. The molecule has 5 rings (SSSR count). The number of aromatic nitrogens is 2. The Morgan fingerprint density at radius 2 is 2.03 bits per heavy atom. The molecule has 0 spiro atoms. The summed E-state index contributed by atoms with van der Waals surface area (Å²) >= 11 is 9.60. The Morgan fingerprint density at radius 1 is 1.21 bits per heavy atom. The minimum Gasteiger partial charge on any atom is -0.503 e. The Labute approximate surface area is 207 Å². The zero-order chi connectivity index (χ0) is 23.8. The minimum absolute atomic E-state index is 0.111. The Balaban J connectivity index is 1.70. The molecule has 0 aliphatic carbocycles.